The number of aromatic nitrogens is 1. The van der Waals surface area contributed by atoms with Crippen LogP contribution in [0.25, 0.3) is 21.3 Å². The van der Waals surface area contributed by atoms with E-state index in [0.717, 1.165) is 71.0 Å². The Balaban J connectivity index is 1.32. The number of hydrogen-bond donors (Lipinski definition) is 1. The summed E-state index contributed by atoms with van der Waals surface area (Å²) in [6.45, 7) is 3.59. The molecule has 1 fully saturated rings. The molecule has 1 N–H and O–H groups in total. The fraction of sp³-hybridized carbons (Fsp3) is 0.381. The van der Waals surface area contributed by atoms with Crippen LogP contribution in [0.5, 0.6) is 5.75 Å². The van der Waals surface area contributed by atoms with Crippen LogP contribution in [0.3, 0.4) is 0 Å². The first-order valence-electron chi connectivity index (χ1n) is 9.37. The summed E-state index contributed by atoms with van der Waals surface area (Å²) in [7, 11) is 0. The van der Waals surface area contributed by atoms with Crippen LogP contribution in [0, 0.1) is 0 Å². The molecule has 0 spiro atoms. The van der Waals surface area contributed by atoms with Crippen molar-refractivity contribution in [2.24, 2.45) is 0 Å². The van der Waals surface area contributed by atoms with Gasteiger partial charge < -0.3 is 14.7 Å². The Morgan fingerprint density at radius 1 is 1.19 bits per heavy atom. The van der Waals surface area contributed by atoms with Gasteiger partial charge in [-0.2, -0.15) is 4.37 Å². The van der Waals surface area contributed by atoms with Gasteiger partial charge in [-0.05, 0) is 67.7 Å². The molecule has 1 saturated heterocycles. The smallest absolute Gasteiger partial charge is 0.120 e. The van der Waals surface area contributed by atoms with Crippen LogP contribution >= 0.6 is 23.1 Å². The molecule has 4 nitrogen and oxygen atoms in total. The molecule has 142 valence electrons. The molecule has 27 heavy (non-hydrogen) atoms. The van der Waals surface area contributed by atoms with Crippen molar-refractivity contribution in [1.29, 1.82) is 0 Å². The summed E-state index contributed by atoms with van der Waals surface area (Å²) >= 11 is 7.47. The molecular weight excluding hydrogens is 380 g/mol. The van der Waals surface area contributed by atoms with Gasteiger partial charge in [0.05, 0.1) is 23.1 Å². The highest BCUT2D eigenvalue weighted by atomic mass is 35.5. The van der Waals surface area contributed by atoms with Crippen molar-refractivity contribution in [2.45, 2.75) is 25.4 Å². The normalized spacial score (nSPS) is 17.6. The van der Waals surface area contributed by atoms with Crippen LogP contribution in [0.2, 0.25) is 5.02 Å². The summed E-state index contributed by atoms with van der Waals surface area (Å²) in [5.74, 6) is 0.894. The van der Waals surface area contributed by atoms with Gasteiger partial charge in [-0.15, -0.1) is 0 Å². The van der Waals surface area contributed by atoms with E-state index >= 15 is 0 Å². The molecule has 3 aromatic rings. The standard InChI is InChI=1S/C21H23ClN2O2S/c22-16-5-3-15(4-6-16)21-19-8-7-18(13-20(19)27-23-21)26-12-2-1-10-24-11-9-17(25)14-24/h3-8,13,17,25H,1-2,9-12,14H2. The zero-order chi connectivity index (χ0) is 18.6. The molecule has 4 rings (SSSR count). The molecule has 1 unspecified atom stereocenters. The quantitative estimate of drug-likeness (QED) is 0.574. The molecular formula is C21H23ClN2O2S. The van der Waals surface area contributed by atoms with Crippen LogP contribution in [0.1, 0.15) is 19.3 Å². The number of fused-ring (bicyclic) bond motifs is 1. The maximum absolute atomic E-state index is 9.55. The first kappa shape index (κ1) is 18.7. The van der Waals surface area contributed by atoms with E-state index in [9.17, 15) is 5.11 Å². The maximum Gasteiger partial charge on any atom is 0.120 e. The van der Waals surface area contributed by atoms with Gasteiger partial charge in [0.1, 0.15) is 5.75 Å². The molecule has 0 radical (unpaired) electrons. The number of β-amino-alcohol motifs (C(OH)–C–C–N with tert-alkyl or cyclic N) is 1. The summed E-state index contributed by atoms with van der Waals surface area (Å²) in [6.07, 6.45) is 2.88. The number of halogens is 1. The largest absolute Gasteiger partial charge is 0.494 e. The van der Waals surface area contributed by atoms with Crippen LogP contribution in [0.15, 0.2) is 42.5 Å². The second kappa shape index (κ2) is 8.57. The fourth-order valence-corrected chi connectivity index (χ4v) is 4.42. The molecule has 1 aromatic heterocycles. The lowest BCUT2D eigenvalue weighted by atomic mass is 10.1. The highest BCUT2D eigenvalue weighted by molar-refractivity contribution is 7.13. The molecule has 2 heterocycles. The number of rotatable bonds is 7. The molecule has 1 atom stereocenters. The average molecular weight is 403 g/mol. The van der Waals surface area contributed by atoms with Gasteiger partial charge in [-0.1, -0.05) is 23.7 Å². The second-order valence-corrected chi connectivity index (χ2v) is 8.24. The summed E-state index contributed by atoms with van der Waals surface area (Å²) < 4.78 is 11.7. The summed E-state index contributed by atoms with van der Waals surface area (Å²) in [5.41, 5.74) is 2.07. The Bertz CT molecular complexity index is 897. The molecule has 1 aliphatic rings. The first-order chi connectivity index (χ1) is 13.2. The molecule has 1 aliphatic heterocycles. The van der Waals surface area contributed by atoms with E-state index in [2.05, 4.69) is 21.4 Å². The van der Waals surface area contributed by atoms with Crippen molar-refractivity contribution >= 4 is 33.2 Å². The van der Waals surface area contributed by atoms with Crippen molar-refractivity contribution in [3.63, 3.8) is 0 Å². The van der Waals surface area contributed by atoms with Crippen LogP contribution < -0.4 is 4.74 Å². The Labute approximate surface area is 168 Å². The number of likely N-dealkylation sites (tertiary alicyclic amines) is 1. The number of hydrogen-bond acceptors (Lipinski definition) is 5. The highest BCUT2D eigenvalue weighted by Crippen LogP contribution is 2.33. The van der Waals surface area contributed by atoms with Crippen molar-refractivity contribution in [1.82, 2.24) is 9.27 Å². The van der Waals surface area contributed by atoms with Gasteiger partial charge in [-0.25, -0.2) is 0 Å². The van der Waals surface area contributed by atoms with Gasteiger partial charge in [0.25, 0.3) is 0 Å². The van der Waals surface area contributed by atoms with Gasteiger partial charge in [0, 0.05) is 29.1 Å². The van der Waals surface area contributed by atoms with Gasteiger partial charge >= 0.3 is 0 Å². The minimum Gasteiger partial charge on any atom is -0.494 e. The van der Waals surface area contributed by atoms with E-state index in [-0.39, 0.29) is 6.10 Å². The summed E-state index contributed by atoms with van der Waals surface area (Å²) in [4.78, 5) is 2.33. The van der Waals surface area contributed by atoms with Gasteiger partial charge in [0.2, 0.25) is 0 Å². The Morgan fingerprint density at radius 2 is 2.04 bits per heavy atom. The second-order valence-electron chi connectivity index (χ2n) is 6.99. The number of benzene rings is 2. The predicted molar refractivity (Wildman–Crippen MR) is 112 cm³/mol. The van der Waals surface area contributed by atoms with Gasteiger partial charge in [0.15, 0.2) is 0 Å². The topological polar surface area (TPSA) is 45.6 Å². The van der Waals surface area contributed by atoms with Crippen molar-refractivity contribution < 1.29 is 9.84 Å². The third-order valence-electron chi connectivity index (χ3n) is 4.95. The lowest BCUT2D eigenvalue weighted by molar-refractivity contribution is 0.175. The predicted octanol–water partition coefficient (Wildman–Crippen LogP) is 4.84. The molecule has 0 saturated carbocycles. The maximum atomic E-state index is 9.55. The minimum absolute atomic E-state index is 0.134. The van der Waals surface area contributed by atoms with Crippen LogP contribution in [0.4, 0.5) is 0 Å². The number of ether oxygens (including phenoxy) is 1. The SMILES string of the molecule is OC1CCN(CCCCOc2ccc3c(-c4ccc(Cl)cc4)nsc3c2)C1. The molecule has 0 aliphatic carbocycles. The molecule has 2 aromatic carbocycles. The third kappa shape index (κ3) is 4.61. The fourth-order valence-electron chi connectivity index (χ4n) is 3.47. The number of nitrogens with zero attached hydrogens (tertiary/aromatic N) is 2. The summed E-state index contributed by atoms with van der Waals surface area (Å²) in [5, 5.41) is 11.4. The van der Waals surface area contributed by atoms with E-state index in [1.165, 1.54) is 11.5 Å². The molecule has 6 heteroatoms. The zero-order valence-electron chi connectivity index (χ0n) is 15.1. The lowest BCUT2D eigenvalue weighted by Crippen LogP contribution is -2.23. The lowest BCUT2D eigenvalue weighted by Gasteiger charge is -2.14. The van der Waals surface area contributed by atoms with E-state index in [4.69, 9.17) is 16.3 Å². The van der Waals surface area contributed by atoms with Crippen LogP contribution in [-0.4, -0.2) is 46.7 Å². The first-order valence-corrected chi connectivity index (χ1v) is 10.5. The van der Waals surface area contributed by atoms with E-state index in [1.54, 1.807) is 0 Å². The highest BCUT2D eigenvalue weighted by Gasteiger charge is 2.19. The van der Waals surface area contributed by atoms with Crippen molar-refractivity contribution in [2.75, 3.05) is 26.2 Å². The minimum atomic E-state index is -0.134. The summed E-state index contributed by atoms with van der Waals surface area (Å²) in [6, 6.07) is 14.0. The Hall–Kier alpha value is -1.66. The zero-order valence-corrected chi connectivity index (χ0v) is 16.7. The van der Waals surface area contributed by atoms with E-state index in [0.29, 0.717) is 6.61 Å². The van der Waals surface area contributed by atoms with E-state index < -0.39 is 0 Å². The average Bonchev–Trinajstić information content (AvgIpc) is 3.28. The number of unbranched alkanes of at least 4 members (excludes halogenated alkanes) is 1. The van der Waals surface area contributed by atoms with Gasteiger partial charge in [-0.3, -0.25) is 0 Å². The van der Waals surface area contributed by atoms with Crippen molar-refractivity contribution in [3.05, 3.63) is 47.5 Å². The van der Waals surface area contributed by atoms with Crippen molar-refractivity contribution in [3.8, 4) is 17.0 Å². The Kier molecular flexibility index (Phi) is 5.93. The number of aliphatic hydroxyl groups excluding tert-OH is 1. The van der Waals surface area contributed by atoms with Crippen LogP contribution in [-0.2, 0) is 0 Å². The number of aliphatic hydroxyl groups is 1. The van der Waals surface area contributed by atoms with E-state index in [1.807, 2.05) is 30.3 Å². The third-order valence-corrected chi connectivity index (χ3v) is 6.01. The Morgan fingerprint density at radius 3 is 2.81 bits per heavy atom. The molecule has 0 amide bonds. The monoisotopic (exact) mass is 402 g/mol. The molecule has 0 bridgehead atoms.